The van der Waals surface area contributed by atoms with E-state index in [2.05, 4.69) is 34.5 Å². The maximum atomic E-state index is 12.1. The molecule has 4 nitrogen and oxygen atoms in total. The largest absolute Gasteiger partial charge is 0.393 e. The van der Waals surface area contributed by atoms with Crippen LogP contribution in [-0.4, -0.2) is 35.1 Å². The van der Waals surface area contributed by atoms with Crippen LogP contribution in [0.3, 0.4) is 0 Å². The summed E-state index contributed by atoms with van der Waals surface area (Å²) in [4.78, 5) is 14.5. The number of amides is 1. The van der Waals surface area contributed by atoms with Crippen molar-refractivity contribution in [3.05, 3.63) is 69.2 Å². The Balaban J connectivity index is 1.41. The Morgan fingerprint density at radius 3 is 2.46 bits per heavy atom. The van der Waals surface area contributed by atoms with Crippen LogP contribution in [0.5, 0.6) is 0 Å². The average molecular weight is 421 g/mol. The van der Waals surface area contributed by atoms with Gasteiger partial charge < -0.3 is 10.4 Å². The molecule has 0 aromatic heterocycles. The Morgan fingerprint density at radius 2 is 1.75 bits per heavy atom. The van der Waals surface area contributed by atoms with Crippen molar-refractivity contribution in [2.45, 2.75) is 44.9 Å². The predicted octanol–water partition coefficient (Wildman–Crippen LogP) is 4.20. The Labute approximate surface area is 176 Å². The van der Waals surface area contributed by atoms with Gasteiger partial charge in [-0.1, -0.05) is 59.6 Å². The lowest BCUT2D eigenvalue weighted by Crippen LogP contribution is -2.35. The van der Waals surface area contributed by atoms with Crippen LogP contribution in [0.1, 0.15) is 36.0 Å². The van der Waals surface area contributed by atoms with Gasteiger partial charge in [0, 0.05) is 32.6 Å². The minimum atomic E-state index is -0.142. The Bertz CT molecular complexity index is 788. The third kappa shape index (κ3) is 6.21. The van der Waals surface area contributed by atoms with Crippen molar-refractivity contribution in [2.75, 3.05) is 13.1 Å². The van der Waals surface area contributed by atoms with Gasteiger partial charge in [-0.2, -0.15) is 0 Å². The predicted molar refractivity (Wildman–Crippen MR) is 114 cm³/mol. The number of hydrogen-bond acceptors (Lipinski definition) is 3. The summed E-state index contributed by atoms with van der Waals surface area (Å²) in [6.07, 6.45) is 2.50. The van der Waals surface area contributed by atoms with Crippen molar-refractivity contribution in [1.29, 1.82) is 0 Å². The normalized spacial score (nSPS) is 15.5. The summed E-state index contributed by atoms with van der Waals surface area (Å²) >= 11 is 12.2. The van der Waals surface area contributed by atoms with E-state index >= 15 is 0 Å². The molecule has 2 aromatic carbocycles. The second-order valence-corrected chi connectivity index (χ2v) is 8.10. The zero-order valence-corrected chi connectivity index (χ0v) is 17.3. The number of hydrogen-bond donors (Lipinski definition) is 2. The summed E-state index contributed by atoms with van der Waals surface area (Å²) in [6, 6.07) is 13.8. The lowest BCUT2D eigenvalue weighted by Gasteiger charge is -2.29. The van der Waals surface area contributed by atoms with E-state index in [9.17, 15) is 9.90 Å². The topological polar surface area (TPSA) is 52.6 Å². The van der Waals surface area contributed by atoms with E-state index in [1.807, 2.05) is 12.1 Å². The van der Waals surface area contributed by atoms with E-state index in [4.69, 9.17) is 23.2 Å². The van der Waals surface area contributed by atoms with Crippen LogP contribution in [0, 0.1) is 0 Å². The fourth-order valence-corrected chi connectivity index (χ4v) is 3.79. The number of benzene rings is 2. The maximum absolute atomic E-state index is 12.1. The van der Waals surface area contributed by atoms with Crippen LogP contribution in [0.15, 0.2) is 42.5 Å². The minimum Gasteiger partial charge on any atom is -0.393 e. The van der Waals surface area contributed by atoms with Crippen molar-refractivity contribution in [3.8, 4) is 0 Å². The van der Waals surface area contributed by atoms with E-state index in [0.717, 1.165) is 43.6 Å². The second kappa shape index (κ2) is 10.3. The van der Waals surface area contributed by atoms with E-state index in [1.165, 1.54) is 5.56 Å². The monoisotopic (exact) mass is 420 g/mol. The van der Waals surface area contributed by atoms with E-state index in [1.54, 1.807) is 6.07 Å². The first-order valence-electron chi connectivity index (χ1n) is 9.69. The number of carbonyl (C=O) groups excluding carboxylic acids is 1. The molecule has 1 saturated heterocycles. The first-order chi connectivity index (χ1) is 13.5. The molecular formula is C22H26Cl2N2O2. The summed E-state index contributed by atoms with van der Waals surface area (Å²) in [6.45, 7) is 3.29. The molecule has 0 unspecified atom stereocenters. The van der Waals surface area contributed by atoms with Crippen molar-refractivity contribution >= 4 is 29.1 Å². The quantitative estimate of drug-likeness (QED) is 0.705. The highest BCUT2D eigenvalue weighted by atomic mass is 35.5. The van der Waals surface area contributed by atoms with Crippen molar-refractivity contribution in [1.82, 2.24) is 10.2 Å². The molecule has 0 aliphatic carbocycles. The molecule has 0 saturated carbocycles. The van der Waals surface area contributed by atoms with Crippen LogP contribution < -0.4 is 5.32 Å². The Morgan fingerprint density at radius 1 is 1.07 bits per heavy atom. The lowest BCUT2D eigenvalue weighted by atomic mass is 10.1. The number of aliphatic hydroxyl groups is 1. The van der Waals surface area contributed by atoms with Gasteiger partial charge in [-0.3, -0.25) is 9.69 Å². The van der Waals surface area contributed by atoms with Gasteiger partial charge in [-0.05, 0) is 42.0 Å². The van der Waals surface area contributed by atoms with Gasteiger partial charge in [-0.25, -0.2) is 0 Å². The second-order valence-electron chi connectivity index (χ2n) is 7.31. The van der Waals surface area contributed by atoms with Crippen molar-refractivity contribution < 1.29 is 9.90 Å². The summed E-state index contributed by atoms with van der Waals surface area (Å²) in [7, 11) is 0. The van der Waals surface area contributed by atoms with E-state index in [0.29, 0.717) is 29.4 Å². The Kier molecular flexibility index (Phi) is 7.74. The highest BCUT2D eigenvalue weighted by Gasteiger charge is 2.16. The third-order valence-electron chi connectivity index (χ3n) is 5.13. The summed E-state index contributed by atoms with van der Waals surface area (Å²) in [5.74, 6) is -0.00741. The molecule has 1 amide bonds. The number of carbonyl (C=O) groups is 1. The summed E-state index contributed by atoms with van der Waals surface area (Å²) in [5.41, 5.74) is 3.22. The first kappa shape index (κ1) is 21.1. The van der Waals surface area contributed by atoms with Gasteiger partial charge in [-0.15, -0.1) is 0 Å². The van der Waals surface area contributed by atoms with Gasteiger partial charge in [0.15, 0.2) is 0 Å². The number of piperidine rings is 1. The minimum absolute atomic E-state index is 0.00741. The zero-order chi connectivity index (χ0) is 19.9. The number of halogens is 2. The fourth-order valence-electron chi connectivity index (χ4n) is 3.38. The molecule has 1 fully saturated rings. The molecule has 1 aliphatic rings. The molecule has 0 bridgehead atoms. The third-order valence-corrected chi connectivity index (χ3v) is 5.99. The van der Waals surface area contributed by atoms with E-state index in [-0.39, 0.29) is 12.0 Å². The molecule has 28 heavy (non-hydrogen) atoms. The summed E-state index contributed by atoms with van der Waals surface area (Å²) in [5, 5.41) is 13.6. The molecule has 0 radical (unpaired) electrons. The number of likely N-dealkylation sites (tertiary alicyclic amines) is 1. The van der Waals surface area contributed by atoms with Gasteiger partial charge in [0.2, 0.25) is 5.91 Å². The van der Waals surface area contributed by atoms with Crippen molar-refractivity contribution in [2.24, 2.45) is 0 Å². The first-order valence-corrected chi connectivity index (χ1v) is 10.4. The standard InChI is InChI=1S/C22H26Cl2N2O2/c23-20-3-1-2-18(22(20)24)8-9-21(28)25-14-16-4-6-17(7-5-16)15-26-12-10-19(27)11-13-26/h1-7,19,27H,8-15H2,(H,25,28). The molecule has 0 spiro atoms. The van der Waals surface area contributed by atoms with Gasteiger partial charge in [0.1, 0.15) is 0 Å². The number of aryl methyl sites for hydroxylation is 1. The molecule has 2 N–H and O–H groups in total. The van der Waals surface area contributed by atoms with Crippen molar-refractivity contribution in [3.63, 3.8) is 0 Å². The lowest BCUT2D eigenvalue weighted by molar-refractivity contribution is -0.121. The number of nitrogens with one attached hydrogen (secondary N) is 1. The fraction of sp³-hybridized carbons (Fsp3) is 0.409. The molecule has 3 rings (SSSR count). The number of aliphatic hydroxyl groups excluding tert-OH is 1. The molecule has 150 valence electrons. The molecule has 1 aliphatic heterocycles. The average Bonchev–Trinajstić information content (AvgIpc) is 2.70. The highest BCUT2D eigenvalue weighted by molar-refractivity contribution is 6.42. The molecule has 6 heteroatoms. The van der Waals surface area contributed by atoms with Crippen LogP contribution in [0.4, 0.5) is 0 Å². The molecule has 0 atom stereocenters. The zero-order valence-electron chi connectivity index (χ0n) is 15.8. The van der Waals surface area contributed by atoms with Crippen LogP contribution in [-0.2, 0) is 24.3 Å². The number of nitrogens with zero attached hydrogens (tertiary/aromatic N) is 1. The van der Waals surface area contributed by atoms with Crippen LogP contribution >= 0.6 is 23.2 Å². The maximum Gasteiger partial charge on any atom is 0.220 e. The Hall–Kier alpha value is -1.59. The van der Waals surface area contributed by atoms with Crippen LogP contribution in [0.2, 0.25) is 10.0 Å². The van der Waals surface area contributed by atoms with Crippen LogP contribution in [0.25, 0.3) is 0 Å². The molecular weight excluding hydrogens is 395 g/mol. The smallest absolute Gasteiger partial charge is 0.220 e. The van der Waals surface area contributed by atoms with E-state index < -0.39 is 0 Å². The van der Waals surface area contributed by atoms with Gasteiger partial charge in [0.05, 0.1) is 16.1 Å². The number of rotatable bonds is 7. The molecule has 2 aromatic rings. The SMILES string of the molecule is O=C(CCc1cccc(Cl)c1Cl)NCc1ccc(CN2CCC(O)CC2)cc1. The summed E-state index contributed by atoms with van der Waals surface area (Å²) < 4.78 is 0. The van der Waals surface area contributed by atoms with Gasteiger partial charge in [0.25, 0.3) is 0 Å². The van der Waals surface area contributed by atoms with Gasteiger partial charge >= 0.3 is 0 Å². The molecule has 1 heterocycles. The highest BCUT2D eigenvalue weighted by Crippen LogP contribution is 2.26.